The summed E-state index contributed by atoms with van der Waals surface area (Å²) >= 11 is 0. The second-order valence-corrected chi connectivity index (χ2v) is 4.87. The third-order valence-electron chi connectivity index (χ3n) is 3.02. The molecule has 0 atom stereocenters. The molecular formula is C12H19F3N2O4. The van der Waals surface area contributed by atoms with Gasteiger partial charge in [0.15, 0.2) is 0 Å². The van der Waals surface area contributed by atoms with Crippen molar-refractivity contribution in [3.8, 4) is 0 Å². The molecule has 21 heavy (non-hydrogen) atoms. The van der Waals surface area contributed by atoms with Crippen LogP contribution in [-0.2, 0) is 9.53 Å². The summed E-state index contributed by atoms with van der Waals surface area (Å²) in [6, 6.07) is -1.07. The highest BCUT2D eigenvalue weighted by Gasteiger charge is 2.33. The van der Waals surface area contributed by atoms with Gasteiger partial charge in [-0.15, -0.1) is 0 Å². The van der Waals surface area contributed by atoms with E-state index in [0.29, 0.717) is 0 Å². The van der Waals surface area contributed by atoms with Crippen molar-refractivity contribution in [3.63, 3.8) is 0 Å². The molecule has 1 aliphatic rings. The molecule has 2 amide bonds. The average molecular weight is 312 g/mol. The quantitative estimate of drug-likeness (QED) is 0.700. The summed E-state index contributed by atoms with van der Waals surface area (Å²) in [6.45, 7) is -2.36. The first-order valence-corrected chi connectivity index (χ1v) is 6.71. The monoisotopic (exact) mass is 312 g/mol. The molecule has 1 fully saturated rings. The minimum absolute atomic E-state index is 0.0449. The van der Waals surface area contributed by atoms with Gasteiger partial charge in [-0.25, -0.2) is 4.79 Å². The lowest BCUT2D eigenvalue weighted by Crippen LogP contribution is -2.47. The van der Waals surface area contributed by atoms with Crippen molar-refractivity contribution in [2.45, 2.75) is 38.0 Å². The van der Waals surface area contributed by atoms with E-state index in [4.69, 9.17) is 9.84 Å². The number of carboxylic acids is 1. The molecule has 9 heteroatoms. The SMILES string of the molecule is O=C(O)CN(CC(F)(F)F)C(=O)NCCOC1CCCC1. The van der Waals surface area contributed by atoms with Crippen LogP contribution in [0.5, 0.6) is 0 Å². The number of ether oxygens (including phenoxy) is 1. The third kappa shape index (κ3) is 7.74. The zero-order valence-electron chi connectivity index (χ0n) is 11.5. The zero-order valence-corrected chi connectivity index (χ0v) is 11.5. The number of hydrogen-bond acceptors (Lipinski definition) is 3. The fourth-order valence-electron chi connectivity index (χ4n) is 2.13. The number of nitrogens with one attached hydrogen (secondary N) is 1. The average Bonchev–Trinajstić information content (AvgIpc) is 2.84. The molecule has 0 radical (unpaired) electrons. The van der Waals surface area contributed by atoms with E-state index in [1.807, 2.05) is 0 Å². The highest BCUT2D eigenvalue weighted by atomic mass is 19.4. The van der Waals surface area contributed by atoms with Gasteiger partial charge in [0.1, 0.15) is 13.1 Å². The first-order chi connectivity index (χ1) is 9.78. The molecule has 0 saturated heterocycles. The van der Waals surface area contributed by atoms with Crippen molar-refractivity contribution in [3.05, 3.63) is 0 Å². The predicted octanol–water partition coefficient (Wildman–Crippen LogP) is 1.60. The van der Waals surface area contributed by atoms with Crippen LogP contribution in [0, 0.1) is 0 Å². The zero-order chi connectivity index (χ0) is 15.9. The van der Waals surface area contributed by atoms with Gasteiger partial charge in [-0.1, -0.05) is 12.8 Å². The number of carbonyl (C=O) groups excluding carboxylic acids is 1. The van der Waals surface area contributed by atoms with Crippen LogP contribution >= 0.6 is 0 Å². The Labute approximate surface area is 120 Å². The fraction of sp³-hybridized carbons (Fsp3) is 0.833. The molecule has 0 bridgehead atoms. The third-order valence-corrected chi connectivity index (χ3v) is 3.02. The highest BCUT2D eigenvalue weighted by molar-refractivity contribution is 5.80. The Morgan fingerprint density at radius 3 is 2.43 bits per heavy atom. The summed E-state index contributed by atoms with van der Waals surface area (Å²) in [7, 11) is 0. The van der Waals surface area contributed by atoms with Gasteiger partial charge in [0.05, 0.1) is 12.7 Å². The number of urea groups is 1. The molecule has 1 rings (SSSR count). The van der Waals surface area contributed by atoms with Gasteiger partial charge in [0.25, 0.3) is 0 Å². The van der Waals surface area contributed by atoms with Crippen molar-refractivity contribution < 1.29 is 32.6 Å². The maximum atomic E-state index is 12.3. The number of carbonyl (C=O) groups is 2. The molecule has 1 saturated carbocycles. The second-order valence-electron chi connectivity index (χ2n) is 4.87. The van der Waals surface area contributed by atoms with Crippen LogP contribution in [0.2, 0.25) is 0 Å². The largest absolute Gasteiger partial charge is 0.480 e. The maximum absolute atomic E-state index is 12.3. The second kappa shape index (κ2) is 8.06. The number of hydrogen-bond donors (Lipinski definition) is 2. The Balaban J connectivity index is 2.31. The molecule has 0 aromatic rings. The van der Waals surface area contributed by atoms with Crippen molar-refractivity contribution in [1.82, 2.24) is 10.2 Å². The Bertz CT molecular complexity index is 357. The minimum Gasteiger partial charge on any atom is -0.480 e. The molecular weight excluding hydrogens is 293 g/mol. The minimum atomic E-state index is -4.65. The van der Waals surface area contributed by atoms with Crippen LogP contribution in [0.15, 0.2) is 0 Å². The maximum Gasteiger partial charge on any atom is 0.406 e. The number of aliphatic carboxylic acids is 1. The first-order valence-electron chi connectivity index (χ1n) is 6.71. The van der Waals surface area contributed by atoms with Crippen molar-refractivity contribution in [2.75, 3.05) is 26.2 Å². The van der Waals surface area contributed by atoms with Gasteiger partial charge in [-0.3, -0.25) is 4.79 Å². The van der Waals surface area contributed by atoms with Crippen LogP contribution in [0.25, 0.3) is 0 Å². The van der Waals surface area contributed by atoms with Crippen LogP contribution in [0.4, 0.5) is 18.0 Å². The van der Waals surface area contributed by atoms with Gasteiger partial charge >= 0.3 is 18.2 Å². The Kier molecular flexibility index (Phi) is 6.73. The van der Waals surface area contributed by atoms with Crippen molar-refractivity contribution in [1.29, 1.82) is 0 Å². The molecule has 0 aliphatic heterocycles. The number of carboxylic acid groups (broad SMARTS) is 1. The molecule has 0 aromatic carbocycles. The molecule has 6 nitrogen and oxygen atoms in total. The summed E-state index contributed by atoms with van der Waals surface area (Å²) in [6.07, 6.45) is -0.413. The Morgan fingerprint density at radius 1 is 1.29 bits per heavy atom. The number of halogens is 3. The summed E-state index contributed by atoms with van der Waals surface area (Å²) in [5.41, 5.74) is 0. The van der Waals surface area contributed by atoms with E-state index in [1.54, 1.807) is 0 Å². The molecule has 0 spiro atoms. The lowest BCUT2D eigenvalue weighted by molar-refractivity contribution is -0.148. The Morgan fingerprint density at radius 2 is 1.90 bits per heavy atom. The normalized spacial score (nSPS) is 16.0. The molecule has 0 unspecified atom stereocenters. The smallest absolute Gasteiger partial charge is 0.406 e. The Hall–Kier alpha value is -1.51. The molecule has 2 N–H and O–H groups in total. The first kappa shape index (κ1) is 17.5. The van der Waals surface area contributed by atoms with Crippen LogP contribution < -0.4 is 5.32 Å². The molecule has 122 valence electrons. The van der Waals surface area contributed by atoms with E-state index in [-0.39, 0.29) is 24.2 Å². The molecule has 0 heterocycles. The van der Waals surface area contributed by atoms with Gasteiger partial charge in [0, 0.05) is 6.54 Å². The van der Waals surface area contributed by atoms with Crippen molar-refractivity contribution in [2.24, 2.45) is 0 Å². The van der Waals surface area contributed by atoms with Crippen molar-refractivity contribution >= 4 is 12.0 Å². The summed E-state index contributed by atoms with van der Waals surface area (Å²) < 4.78 is 42.3. The van der Waals surface area contributed by atoms with E-state index in [0.717, 1.165) is 25.7 Å². The molecule has 0 aromatic heterocycles. The number of rotatable bonds is 7. The topological polar surface area (TPSA) is 78.9 Å². The fourth-order valence-corrected chi connectivity index (χ4v) is 2.13. The molecule has 1 aliphatic carbocycles. The van der Waals surface area contributed by atoms with E-state index < -0.39 is 31.3 Å². The number of nitrogens with zero attached hydrogens (tertiary/aromatic N) is 1. The standard InChI is InChI=1S/C12H19F3N2O4/c13-12(14,15)8-17(7-10(18)19)11(20)16-5-6-21-9-3-1-2-4-9/h9H,1-8H2,(H,16,20)(H,18,19). The summed E-state index contributed by atoms with van der Waals surface area (Å²) in [5, 5.41) is 10.8. The van der Waals surface area contributed by atoms with Gasteiger partial charge in [-0.05, 0) is 12.8 Å². The highest BCUT2D eigenvalue weighted by Crippen LogP contribution is 2.20. The van der Waals surface area contributed by atoms with E-state index >= 15 is 0 Å². The van der Waals surface area contributed by atoms with E-state index in [2.05, 4.69) is 5.32 Å². The van der Waals surface area contributed by atoms with E-state index in [1.165, 1.54) is 0 Å². The van der Waals surface area contributed by atoms with Gasteiger partial charge < -0.3 is 20.1 Å². The number of alkyl halides is 3. The van der Waals surface area contributed by atoms with Gasteiger partial charge in [-0.2, -0.15) is 13.2 Å². The summed E-state index contributed by atoms with van der Waals surface area (Å²) in [4.78, 5) is 22.2. The van der Waals surface area contributed by atoms with E-state index in [9.17, 15) is 22.8 Å². The summed E-state index contributed by atoms with van der Waals surface area (Å²) in [5.74, 6) is -1.50. The lowest BCUT2D eigenvalue weighted by Gasteiger charge is -2.22. The number of amides is 2. The lowest BCUT2D eigenvalue weighted by atomic mass is 10.3. The predicted molar refractivity (Wildman–Crippen MR) is 66.9 cm³/mol. The van der Waals surface area contributed by atoms with Crippen LogP contribution in [-0.4, -0.2) is 60.5 Å². The van der Waals surface area contributed by atoms with Crippen LogP contribution in [0.3, 0.4) is 0 Å². The van der Waals surface area contributed by atoms with Crippen LogP contribution in [0.1, 0.15) is 25.7 Å². The van der Waals surface area contributed by atoms with Gasteiger partial charge in [0.2, 0.25) is 0 Å².